The Kier molecular flexibility index (Phi) is 42.0. The van der Waals surface area contributed by atoms with Crippen molar-refractivity contribution < 1.29 is 19.0 Å². The lowest BCUT2D eigenvalue weighted by molar-refractivity contribution is -0.106. The zero-order valence-corrected chi connectivity index (χ0v) is 33.5. The Balaban J connectivity index is -0.000000347. The molecule has 3 heterocycles. The lowest BCUT2D eigenvalue weighted by Crippen LogP contribution is -2.45. The lowest BCUT2D eigenvalue weighted by atomic mass is 10.1. The maximum atomic E-state index is 8.58. The number of piperazine rings is 1. The molecule has 2 aromatic rings. The first-order valence-corrected chi connectivity index (χ1v) is 17.9. The molecule has 2 fully saturated rings. The number of ether oxygens (including phenoxy) is 3. The van der Waals surface area contributed by atoms with Crippen LogP contribution >= 0.6 is 0 Å². The summed E-state index contributed by atoms with van der Waals surface area (Å²) < 4.78 is 17.3. The first-order chi connectivity index (χ1) is 22.8. The molecular formula is C37H78N6O4. The third-order valence-corrected chi connectivity index (χ3v) is 6.80. The number of rotatable bonds is 8. The number of primary amides is 1. The number of carbonyl (C=O) groups excluding carboxylic acids is 1. The number of hydrogen-bond donors (Lipinski definition) is 1. The monoisotopic (exact) mass is 671 g/mol. The first kappa shape index (κ1) is 51.6. The van der Waals surface area contributed by atoms with E-state index in [1.54, 1.807) is 21.3 Å². The van der Waals surface area contributed by atoms with Crippen molar-refractivity contribution >= 4 is 17.3 Å². The molecule has 47 heavy (non-hydrogen) atoms. The molecular weight excluding hydrogens is 592 g/mol. The van der Waals surface area contributed by atoms with Crippen LogP contribution in [0, 0.1) is 0 Å². The summed E-state index contributed by atoms with van der Waals surface area (Å²) in [5.41, 5.74) is 6.91. The third-order valence-electron chi connectivity index (χ3n) is 6.80. The molecule has 0 atom stereocenters. The molecule has 0 bridgehead atoms. The van der Waals surface area contributed by atoms with Crippen molar-refractivity contribution in [3.05, 3.63) is 30.0 Å². The highest BCUT2D eigenvalue weighted by Crippen LogP contribution is 2.26. The molecule has 2 aliphatic rings. The molecule has 1 amide bonds. The van der Waals surface area contributed by atoms with Crippen LogP contribution in [0.1, 0.15) is 67.9 Å². The zero-order chi connectivity index (χ0) is 37.0. The first-order valence-electron chi connectivity index (χ1n) is 17.9. The van der Waals surface area contributed by atoms with Crippen molar-refractivity contribution in [1.82, 2.24) is 24.2 Å². The summed E-state index contributed by atoms with van der Waals surface area (Å²) in [5, 5.41) is 1.33. The molecule has 2 N–H and O–H groups in total. The van der Waals surface area contributed by atoms with Crippen molar-refractivity contribution in [3.63, 3.8) is 0 Å². The van der Waals surface area contributed by atoms with E-state index < -0.39 is 0 Å². The van der Waals surface area contributed by atoms with Crippen molar-refractivity contribution in [2.75, 3.05) is 115 Å². The molecule has 0 saturated carbocycles. The molecule has 280 valence electrons. The zero-order valence-electron chi connectivity index (χ0n) is 33.5. The van der Waals surface area contributed by atoms with Gasteiger partial charge in [0.1, 0.15) is 5.75 Å². The molecule has 1 aromatic heterocycles. The van der Waals surface area contributed by atoms with E-state index in [1.807, 2.05) is 55.4 Å². The lowest BCUT2D eigenvalue weighted by Gasteiger charge is -2.32. The molecule has 1 aromatic carbocycles. The third kappa shape index (κ3) is 25.5. The second-order valence-electron chi connectivity index (χ2n) is 10.0. The highest BCUT2D eigenvalue weighted by molar-refractivity contribution is 5.85. The Morgan fingerprint density at radius 1 is 0.851 bits per heavy atom. The summed E-state index contributed by atoms with van der Waals surface area (Å²) >= 11 is 0. The van der Waals surface area contributed by atoms with Crippen molar-refractivity contribution in [2.45, 2.75) is 75.3 Å². The molecule has 2 aliphatic heterocycles. The van der Waals surface area contributed by atoms with Gasteiger partial charge in [-0.15, -0.1) is 0 Å². The summed E-state index contributed by atoms with van der Waals surface area (Å²) in [7, 11) is 11.5. The molecule has 0 spiro atoms. The van der Waals surface area contributed by atoms with Gasteiger partial charge < -0.3 is 34.3 Å². The van der Waals surface area contributed by atoms with Gasteiger partial charge in [-0.3, -0.25) is 14.6 Å². The Labute approximate surface area is 291 Å². The van der Waals surface area contributed by atoms with E-state index in [-0.39, 0.29) is 6.41 Å². The number of methoxy groups -OCH3 is 2. The number of nitrogens with two attached hydrogens (primary N) is 1. The van der Waals surface area contributed by atoms with E-state index in [0.717, 1.165) is 58.1 Å². The van der Waals surface area contributed by atoms with Gasteiger partial charge in [-0.1, -0.05) is 62.3 Å². The van der Waals surface area contributed by atoms with E-state index in [2.05, 4.69) is 87.1 Å². The van der Waals surface area contributed by atoms with Crippen LogP contribution in [0.5, 0.6) is 5.75 Å². The van der Waals surface area contributed by atoms with E-state index in [9.17, 15) is 0 Å². The number of likely N-dealkylation sites (N-methyl/N-ethyl adjacent to an activating group) is 3. The van der Waals surface area contributed by atoms with Gasteiger partial charge >= 0.3 is 0 Å². The molecule has 10 heteroatoms. The van der Waals surface area contributed by atoms with Crippen LogP contribution < -0.4 is 10.5 Å². The van der Waals surface area contributed by atoms with Gasteiger partial charge in [0, 0.05) is 90.2 Å². The van der Waals surface area contributed by atoms with Crippen LogP contribution in [0.2, 0.25) is 0 Å². The summed E-state index contributed by atoms with van der Waals surface area (Å²) in [6.07, 6.45) is 3.67. The molecule has 0 aliphatic carbocycles. The number of aromatic nitrogens is 1. The van der Waals surface area contributed by atoms with Crippen LogP contribution in [-0.4, -0.2) is 145 Å². The second-order valence-corrected chi connectivity index (χ2v) is 10.0. The van der Waals surface area contributed by atoms with Crippen LogP contribution in [0.25, 0.3) is 10.9 Å². The number of amides is 1. The van der Waals surface area contributed by atoms with Gasteiger partial charge in [-0.2, -0.15) is 0 Å². The molecule has 0 radical (unpaired) electrons. The maximum absolute atomic E-state index is 8.58. The quantitative estimate of drug-likeness (QED) is 0.353. The van der Waals surface area contributed by atoms with Crippen LogP contribution in [0.3, 0.4) is 0 Å². The van der Waals surface area contributed by atoms with Crippen LogP contribution in [0.15, 0.2) is 24.4 Å². The average Bonchev–Trinajstić information content (AvgIpc) is 3.48. The topological polar surface area (TPSA) is 88.7 Å². The van der Waals surface area contributed by atoms with Gasteiger partial charge in [-0.25, -0.2) is 0 Å². The van der Waals surface area contributed by atoms with Gasteiger partial charge in [0.05, 0.1) is 20.3 Å². The Morgan fingerprint density at radius 2 is 1.36 bits per heavy atom. The summed E-state index contributed by atoms with van der Waals surface area (Å²) in [6.45, 7) is 31.4. The fourth-order valence-corrected chi connectivity index (χ4v) is 4.44. The SMILES string of the molecule is CC.CC.CC.CC.CCN1CCOCC1.COC.COc1ccc2c(c1)c(CCN(C)C)cn2CCN1CCN(C)CC1.NC=O. The van der Waals surface area contributed by atoms with Crippen molar-refractivity contribution in [1.29, 1.82) is 0 Å². The fraction of sp³-hybridized carbons (Fsp3) is 0.757. The van der Waals surface area contributed by atoms with E-state index in [1.165, 1.54) is 49.2 Å². The average molecular weight is 671 g/mol. The predicted octanol–water partition coefficient (Wildman–Crippen LogP) is 5.81. The van der Waals surface area contributed by atoms with Crippen molar-refractivity contribution in [3.8, 4) is 5.75 Å². The minimum Gasteiger partial charge on any atom is -0.497 e. The van der Waals surface area contributed by atoms with E-state index in [0.29, 0.717) is 0 Å². The van der Waals surface area contributed by atoms with Crippen LogP contribution in [0.4, 0.5) is 0 Å². The van der Waals surface area contributed by atoms with Gasteiger partial charge in [0.15, 0.2) is 0 Å². The minimum atomic E-state index is 0.250. The fourth-order valence-electron chi connectivity index (χ4n) is 4.44. The predicted molar refractivity (Wildman–Crippen MR) is 206 cm³/mol. The summed E-state index contributed by atoms with van der Waals surface area (Å²) in [5.74, 6) is 0.940. The molecule has 4 rings (SSSR count). The summed E-state index contributed by atoms with van der Waals surface area (Å²) in [4.78, 5) is 18.2. The molecule has 2 saturated heterocycles. The standard InChI is InChI=1S/C20H32N4O.C6H13NO.C2H6O.4C2H6.CH3NO/c1-21(2)8-7-17-16-24(14-13-23-11-9-22(3)10-12-23)20-6-5-18(25-4)15-19(17)20;1-2-7-3-5-8-6-4-7;1-3-2;4*1-2;2-1-3/h5-6,15-16H,7-14H2,1-4H3;2-6H2,1H3;1-2H3;4*1-2H3;1H,(H2,2,3). The Hall–Kier alpha value is -2.21. The summed E-state index contributed by atoms with van der Waals surface area (Å²) in [6, 6.07) is 6.47. The highest BCUT2D eigenvalue weighted by Gasteiger charge is 2.15. The van der Waals surface area contributed by atoms with E-state index in [4.69, 9.17) is 14.3 Å². The largest absolute Gasteiger partial charge is 0.497 e. The van der Waals surface area contributed by atoms with E-state index >= 15 is 0 Å². The second kappa shape index (κ2) is 38.2. The molecule has 10 nitrogen and oxygen atoms in total. The normalized spacial score (nSPS) is 14.1. The number of carbonyl (C=O) groups is 1. The minimum absolute atomic E-state index is 0.250. The van der Waals surface area contributed by atoms with Gasteiger partial charge in [0.25, 0.3) is 0 Å². The molecule has 0 unspecified atom stereocenters. The Morgan fingerprint density at radius 3 is 1.79 bits per heavy atom. The number of nitrogens with zero attached hydrogens (tertiary/aromatic N) is 5. The van der Waals surface area contributed by atoms with Gasteiger partial charge in [-0.05, 0) is 57.9 Å². The van der Waals surface area contributed by atoms with Crippen LogP contribution in [-0.2, 0) is 27.2 Å². The number of hydrogen-bond acceptors (Lipinski definition) is 8. The maximum Gasteiger partial charge on any atom is 0.204 e. The number of benzene rings is 1. The Bertz CT molecular complexity index is 896. The smallest absolute Gasteiger partial charge is 0.204 e. The number of morpholine rings is 1. The van der Waals surface area contributed by atoms with Gasteiger partial charge in [0.2, 0.25) is 6.41 Å². The highest BCUT2D eigenvalue weighted by atomic mass is 16.5. The van der Waals surface area contributed by atoms with Crippen molar-refractivity contribution in [2.24, 2.45) is 5.73 Å². The number of fused-ring (bicyclic) bond motifs is 1.